The molecule has 0 unspecified atom stereocenters. The molecule has 0 aromatic heterocycles. The van der Waals surface area contributed by atoms with Crippen LogP contribution in [0.3, 0.4) is 0 Å². The summed E-state index contributed by atoms with van der Waals surface area (Å²) in [6, 6.07) is 18.9. The van der Waals surface area contributed by atoms with E-state index in [0.29, 0.717) is 11.1 Å². The second kappa shape index (κ2) is 6.82. The summed E-state index contributed by atoms with van der Waals surface area (Å²) in [7, 11) is 0. The molecule has 3 aliphatic rings. The van der Waals surface area contributed by atoms with Gasteiger partial charge in [0, 0.05) is 22.7 Å². The van der Waals surface area contributed by atoms with Crippen molar-refractivity contribution < 1.29 is 18.8 Å². The van der Waals surface area contributed by atoms with Crippen LogP contribution in [0.5, 0.6) is 0 Å². The number of ketones is 3. The maximum Gasteiger partial charge on any atom is 0.180 e. The molecule has 3 aromatic carbocycles. The van der Waals surface area contributed by atoms with Crippen molar-refractivity contribution in [3.05, 3.63) is 107 Å². The number of Topliss-reactive ketones (excluding diaryl/α,β-unsaturated/α-hetero) is 3. The van der Waals surface area contributed by atoms with Crippen molar-refractivity contribution >= 4 is 29.1 Å². The Morgan fingerprint density at radius 1 is 0.879 bits per heavy atom. The number of nitrogens with zero attached hydrogens (tertiary/aromatic N) is 1. The van der Waals surface area contributed by atoms with E-state index in [9.17, 15) is 14.4 Å². The van der Waals surface area contributed by atoms with Crippen LogP contribution in [0.4, 0.5) is 10.1 Å². The predicted octanol–water partition coefficient (Wildman–Crippen LogP) is 4.85. The van der Waals surface area contributed by atoms with Crippen LogP contribution in [-0.4, -0.2) is 29.4 Å². The van der Waals surface area contributed by atoms with Gasteiger partial charge in [0.15, 0.2) is 17.3 Å². The Kier molecular flexibility index (Phi) is 4.09. The smallest absolute Gasteiger partial charge is 0.180 e. The first-order valence-corrected chi connectivity index (χ1v) is 11.0. The molecule has 1 fully saturated rings. The van der Waals surface area contributed by atoms with Gasteiger partial charge in [-0.05, 0) is 30.2 Å². The molecule has 1 saturated heterocycles. The minimum Gasteiger partial charge on any atom is -0.352 e. The molecule has 1 aliphatic carbocycles. The summed E-state index contributed by atoms with van der Waals surface area (Å²) in [5, 5.41) is 0. The quantitative estimate of drug-likeness (QED) is 0.538. The first-order chi connectivity index (χ1) is 16.0. The topological polar surface area (TPSA) is 54.5 Å². The van der Waals surface area contributed by atoms with Gasteiger partial charge in [0.1, 0.15) is 11.2 Å². The van der Waals surface area contributed by atoms with Crippen molar-refractivity contribution in [1.29, 1.82) is 0 Å². The van der Waals surface area contributed by atoms with E-state index in [0.717, 1.165) is 11.3 Å². The van der Waals surface area contributed by atoms with Crippen LogP contribution in [0.1, 0.15) is 44.7 Å². The number of carbonyl (C=O) groups is 3. The van der Waals surface area contributed by atoms with E-state index < -0.39 is 29.2 Å². The summed E-state index contributed by atoms with van der Waals surface area (Å²) in [5.74, 6) is -2.41. The van der Waals surface area contributed by atoms with Crippen molar-refractivity contribution in [2.45, 2.75) is 24.9 Å². The molecule has 0 amide bonds. The number of hydrogen-bond acceptors (Lipinski definition) is 4. The third-order valence-electron chi connectivity index (χ3n) is 7.37. The van der Waals surface area contributed by atoms with E-state index in [1.807, 2.05) is 41.3 Å². The molecule has 1 spiro atoms. The van der Waals surface area contributed by atoms with Crippen molar-refractivity contribution in [3.63, 3.8) is 0 Å². The van der Waals surface area contributed by atoms with Gasteiger partial charge >= 0.3 is 0 Å². The summed E-state index contributed by atoms with van der Waals surface area (Å²) in [6.07, 6.45) is 3.73. The third kappa shape index (κ3) is 2.37. The van der Waals surface area contributed by atoms with Gasteiger partial charge in [-0.15, -0.1) is 0 Å². The molecular formula is C28H20FNO3. The zero-order valence-electron chi connectivity index (χ0n) is 17.9. The number of para-hydroxylation sites is 1. The molecule has 0 saturated carbocycles. The molecule has 0 bridgehead atoms. The number of hydrogen-bond donors (Lipinski definition) is 0. The lowest BCUT2D eigenvalue weighted by molar-refractivity contribution is -0.118. The Balaban J connectivity index is 1.71. The molecule has 6 rings (SSSR count). The zero-order chi connectivity index (χ0) is 22.9. The predicted molar refractivity (Wildman–Crippen MR) is 123 cm³/mol. The Hall–Kier alpha value is -3.86. The summed E-state index contributed by atoms with van der Waals surface area (Å²) >= 11 is 0. The van der Waals surface area contributed by atoms with Crippen LogP contribution in [-0.2, 0) is 4.79 Å². The van der Waals surface area contributed by atoms with Crippen LogP contribution >= 0.6 is 0 Å². The minimum absolute atomic E-state index is 0.215. The highest BCUT2D eigenvalue weighted by Crippen LogP contribution is 2.60. The summed E-state index contributed by atoms with van der Waals surface area (Å²) in [5.41, 5.74) is 0.902. The minimum atomic E-state index is -1.63. The number of halogens is 1. The van der Waals surface area contributed by atoms with Crippen LogP contribution in [0, 0.1) is 11.2 Å². The molecule has 4 nitrogen and oxygen atoms in total. The highest BCUT2D eigenvalue weighted by molar-refractivity contribution is 6.32. The van der Waals surface area contributed by atoms with Crippen molar-refractivity contribution in [2.75, 3.05) is 4.90 Å². The lowest BCUT2D eigenvalue weighted by Gasteiger charge is -2.37. The second-order valence-corrected chi connectivity index (χ2v) is 8.90. The van der Waals surface area contributed by atoms with E-state index in [-0.39, 0.29) is 22.9 Å². The number of rotatable bonds is 2. The normalized spacial score (nSPS) is 24.1. The fourth-order valence-corrected chi connectivity index (χ4v) is 6.14. The first-order valence-electron chi connectivity index (χ1n) is 11.0. The zero-order valence-corrected chi connectivity index (χ0v) is 17.9. The second-order valence-electron chi connectivity index (χ2n) is 8.90. The average molecular weight is 437 g/mol. The molecule has 162 valence electrons. The number of fused-ring (bicyclic) bond motifs is 5. The Labute approximate surface area is 190 Å². The van der Waals surface area contributed by atoms with Crippen molar-refractivity contribution in [3.8, 4) is 0 Å². The Bertz CT molecular complexity index is 1360. The van der Waals surface area contributed by atoms with Gasteiger partial charge in [0.2, 0.25) is 0 Å². The fraction of sp³-hybridized carbons (Fsp3) is 0.179. The van der Waals surface area contributed by atoms with E-state index >= 15 is 4.39 Å². The van der Waals surface area contributed by atoms with Crippen LogP contribution in [0.15, 0.2) is 78.9 Å². The number of anilines is 1. The molecule has 2 heterocycles. The monoisotopic (exact) mass is 437 g/mol. The maximum atomic E-state index is 15.3. The molecule has 2 aliphatic heterocycles. The van der Waals surface area contributed by atoms with Crippen molar-refractivity contribution in [1.82, 2.24) is 0 Å². The van der Waals surface area contributed by atoms with Gasteiger partial charge in [-0.2, -0.15) is 0 Å². The lowest BCUT2D eigenvalue weighted by atomic mass is 9.64. The lowest BCUT2D eigenvalue weighted by Crippen LogP contribution is -2.48. The summed E-state index contributed by atoms with van der Waals surface area (Å²) in [4.78, 5) is 43.4. The Morgan fingerprint density at radius 3 is 2.15 bits per heavy atom. The molecule has 33 heavy (non-hydrogen) atoms. The Morgan fingerprint density at radius 2 is 1.48 bits per heavy atom. The van der Waals surface area contributed by atoms with Crippen LogP contribution in [0.25, 0.3) is 6.08 Å². The first kappa shape index (κ1) is 19.8. The molecular weight excluding hydrogens is 417 g/mol. The molecule has 0 radical (unpaired) electrons. The van der Waals surface area contributed by atoms with Gasteiger partial charge < -0.3 is 4.90 Å². The largest absolute Gasteiger partial charge is 0.352 e. The number of carbonyl (C=O) groups excluding carboxylic acids is 3. The highest BCUT2D eigenvalue weighted by atomic mass is 19.1. The van der Waals surface area contributed by atoms with Gasteiger partial charge in [0.25, 0.3) is 0 Å². The van der Waals surface area contributed by atoms with E-state index in [1.54, 1.807) is 42.5 Å². The summed E-state index contributed by atoms with van der Waals surface area (Å²) in [6.45, 7) is 1.45. The molecule has 3 aromatic rings. The van der Waals surface area contributed by atoms with E-state index in [4.69, 9.17) is 0 Å². The van der Waals surface area contributed by atoms with Gasteiger partial charge in [0.05, 0.1) is 12.1 Å². The summed E-state index contributed by atoms with van der Waals surface area (Å²) < 4.78 is 15.3. The van der Waals surface area contributed by atoms with Gasteiger partial charge in [-0.3, -0.25) is 14.4 Å². The fourth-order valence-electron chi connectivity index (χ4n) is 6.14. The SMILES string of the molecule is CC(=O)[C@H]1[C@H](c2ccccc2F)C2(C(=O)c3ccccc3C2=O)[C@H]2C=Cc3ccccc3N12. The van der Waals surface area contributed by atoms with Crippen LogP contribution in [0.2, 0.25) is 0 Å². The number of benzene rings is 3. The molecule has 3 atom stereocenters. The highest BCUT2D eigenvalue weighted by Gasteiger charge is 2.71. The standard InChI is InChI=1S/C28H20FNO3/c1-16(31)25-24(20-11-5-6-12-21(20)29)28(26(32)18-9-3-4-10-19(18)27(28)33)23-15-14-17-8-2-7-13-22(17)30(23)25/h2-15,23-25H,1H3/t23-,24+,25+/m1/s1. The molecule has 0 N–H and O–H groups in total. The van der Waals surface area contributed by atoms with Crippen molar-refractivity contribution in [2.24, 2.45) is 5.41 Å². The molecule has 5 heteroatoms. The van der Waals surface area contributed by atoms with E-state index in [2.05, 4.69) is 0 Å². The third-order valence-corrected chi connectivity index (χ3v) is 7.37. The van der Waals surface area contributed by atoms with Crippen LogP contribution < -0.4 is 4.90 Å². The average Bonchev–Trinajstić information content (AvgIpc) is 3.26. The van der Waals surface area contributed by atoms with E-state index in [1.165, 1.54) is 13.0 Å². The van der Waals surface area contributed by atoms with Gasteiger partial charge in [-0.25, -0.2) is 4.39 Å². The van der Waals surface area contributed by atoms with Gasteiger partial charge in [-0.1, -0.05) is 72.8 Å². The maximum absolute atomic E-state index is 15.3.